The predicted octanol–water partition coefficient (Wildman–Crippen LogP) is 23.5. The molecule has 2 aliphatic heterocycles. The molecular formula is C94H65BF2N4. The van der Waals surface area contributed by atoms with Crippen LogP contribution in [0.5, 0.6) is 0 Å². The van der Waals surface area contributed by atoms with Gasteiger partial charge in [-0.1, -0.05) is 275 Å². The van der Waals surface area contributed by atoms with E-state index in [4.69, 9.17) is 13.7 Å². The number of hydrogen-bond acceptors (Lipinski definition) is 2. The Morgan fingerprint density at radius 3 is 1.14 bits per heavy atom. The van der Waals surface area contributed by atoms with Gasteiger partial charge in [0, 0.05) is 89.0 Å². The molecule has 4 heterocycles. The number of fused-ring (bicyclic) bond motifs is 10. The van der Waals surface area contributed by atoms with Gasteiger partial charge in [0.05, 0.1) is 74.6 Å². The van der Waals surface area contributed by atoms with Gasteiger partial charge in [-0.15, -0.1) is 0 Å². The highest BCUT2D eigenvalue weighted by atomic mass is 19.1. The first-order valence-electron chi connectivity index (χ1n) is 47.3. The molecule has 0 aliphatic carbocycles. The lowest BCUT2D eigenvalue weighted by Crippen LogP contribution is -2.61. The van der Waals surface area contributed by atoms with Crippen molar-refractivity contribution in [3.05, 3.63) is 356 Å². The molecular weight excluding hydrogens is 1230 g/mol. The number of anilines is 6. The standard InChI is InChI=1S/C94H65BF2N4/c1-94(2,3)66-56-89-91-90(57-66)101(93-70(63-32-14-7-15-33-63)39-25-41-76(93)72-35-17-21-43-82(72)97)88-59-68(99-84-45-23-19-37-74(84)78-55-65(47-53-86(78)99)61-28-10-5-11-29-61)49-51-80(88)95(91)79-50-48-67(98-83-44-22-18-36-73(83)77-54-64(46-52-85(77)98)60-26-8-4-9-27-60)58-87(79)100(89)92-69(62-30-12-6-13-31-62)38-24-40-75(92)71-34-16-20-42-81(71)96/h4-59H,1-3H3/i4D,5D,8D,9D,10D,11D,18D,19D,22D,23D,26D,27D,28D,29D,36D,37D,44D,45D,46D,47D,48D,49D,50D,51D,52D,53D,54D,55D,58D,59D. The quantitative estimate of drug-likeness (QED) is 0.127. The van der Waals surface area contributed by atoms with Crippen LogP contribution in [0.1, 0.15) is 67.5 Å². The number of hydrogen-bond donors (Lipinski definition) is 0. The minimum Gasteiger partial charge on any atom is -0.310 e. The molecule has 101 heavy (non-hydrogen) atoms. The van der Waals surface area contributed by atoms with Crippen molar-refractivity contribution < 1.29 is 49.9 Å². The van der Waals surface area contributed by atoms with E-state index in [1.807, 2.05) is 20.8 Å². The summed E-state index contributed by atoms with van der Waals surface area (Å²) >= 11 is 0. The van der Waals surface area contributed by atoms with Crippen molar-refractivity contribution in [3.63, 3.8) is 0 Å². The van der Waals surface area contributed by atoms with E-state index in [9.17, 15) is 27.4 Å². The van der Waals surface area contributed by atoms with Crippen molar-refractivity contribution in [1.82, 2.24) is 9.13 Å². The second-order valence-corrected chi connectivity index (χ2v) is 25.4. The maximum Gasteiger partial charge on any atom is 0.252 e. The number of benzene rings is 15. The van der Waals surface area contributed by atoms with Crippen LogP contribution in [0.25, 0.3) is 122 Å². The highest BCUT2D eigenvalue weighted by Crippen LogP contribution is 2.55. The Balaban J connectivity index is 1.06. The Hall–Kier alpha value is -12.6. The molecule has 2 aromatic heterocycles. The SMILES string of the molecule is [2H]c1c([2H])c([2H])c(-c2c([2H])c([2H])c3c(c2[2H])c2c([2H])c([2H])c([2H])c([2H])c2n3-c2c([2H])c([2H])c3c(c2[2H])N(c2c(-c4ccccc4)cccc2-c2ccccc2F)c2cc(C(C)(C)C)cc4c2B3c2c([2H])c([2H])c(-n3c5c([2H])c([2H])c([2H])c([2H])c5c5c([2H])c(-c6c([2H])c([2H])c([2H])c([2H])c6[2H])c([2H])c([2H])c53)c([2H])c2N4c2c(-c3ccccc3)cccc2-c2ccccc2F)c([2H])c1[2H]. The molecule has 17 aromatic rings. The number of nitrogens with zero attached hydrogens (tertiary/aromatic N) is 4. The summed E-state index contributed by atoms with van der Waals surface area (Å²) in [7, 11) is 0. The predicted molar refractivity (Wildman–Crippen MR) is 420 cm³/mol. The number of rotatable bonds is 10. The summed E-state index contributed by atoms with van der Waals surface area (Å²) in [6.07, 6.45) is 0. The van der Waals surface area contributed by atoms with Crippen molar-refractivity contribution in [2.24, 2.45) is 0 Å². The summed E-state index contributed by atoms with van der Waals surface area (Å²) in [5, 5.41) is -2.38. The summed E-state index contributed by atoms with van der Waals surface area (Å²) in [5.41, 5.74) is -8.04. The average molecular weight is 1330 g/mol. The fourth-order valence-corrected chi connectivity index (χ4v) is 14.2. The zero-order valence-corrected chi connectivity index (χ0v) is 53.6. The van der Waals surface area contributed by atoms with E-state index in [2.05, 4.69) is 0 Å². The summed E-state index contributed by atoms with van der Waals surface area (Å²) in [6.45, 7) is 3.66. The molecule has 0 unspecified atom stereocenters. The van der Waals surface area contributed by atoms with Crippen molar-refractivity contribution in [2.45, 2.75) is 26.2 Å². The van der Waals surface area contributed by atoms with Crippen molar-refractivity contribution in [1.29, 1.82) is 0 Å². The van der Waals surface area contributed by atoms with Crippen molar-refractivity contribution in [2.75, 3.05) is 9.80 Å². The maximum atomic E-state index is 17.8. The molecule has 19 rings (SSSR count). The zero-order valence-electron chi connectivity index (χ0n) is 83.6. The van der Waals surface area contributed by atoms with Gasteiger partial charge in [0.25, 0.3) is 6.71 Å². The molecule has 0 saturated carbocycles. The van der Waals surface area contributed by atoms with Crippen LogP contribution in [0.4, 0.5) is 42.9 Å². The van der Waals surface area contributed by atoms with Gasteiger partial charge in [-0.25, -0.2) is 8.78 Å². The van der Waals surface area contributed by atoms with E-state index < -0.39 is 305 Å². The lowest BCUT2D eigenvalue weighted by Gasteiger charge is -2.46. The second-order valence-electron chi connectivity index (χ2n) is 25.4. The van der Waals surface area contributed by atoms with Gasteiger partial charge in [0.1, 0.15) is 11.6 Å². The summed E-state index contributed by atoms with van der Waals surface area (Å²) < 4.78 is 332. The van der Waals surface area contributed by atoms with Crippen LogP contribution in [-0.4, -0.2) is 15.8 Å². The Morgan fingerprint density at radius 1 is 0.317 bits per heavy atom. The zero-order chi connectivity index (χ0) is 93.7. The summed E-state index contributed by atoms with van der Waals surface area (Å²) in [5.74, 6) is -1.56. The minimum absolute atomic E-state index is 0.0119. The molecule has 478 valence electrons. The molecule has 0 atom stereocenters. The Morgan fingerprint density at radius 2 is 0.703 bits per heavy atom. The monoisotopic (exact) mass is 1330 g/mol. The number of halogens is 2. The summed E-state index contributed by atoms with van der Waals surface area (Å²) in [6, 6.07) is 14.8. The Labute approximate surface area is 628 Å². The van der Waals surface area contributed by atoms with Crippen LogP contribution < -0.4 is 26.2 Å². The van der Waals surface area contributed by atoms with E-state index in [0.717, 1.165) is 9.13 Å². The minimum atomic E-state index is -1.92. The molecule has 15 aromatic carbocycles. The Bertz CT molecular complexity index is 7560. The lowest BCUT2D eigenvalue weighted by atomic mass is 9.33. The third-order valence-electron chi connectivity index (χ3n) is 18.7. The number of aromatic nitrogens is 2. The largest absolute Gasteiger partial charge is 0.310 e. The lowest BCUT2D eigenvalue weighted by molar-refractivity contribution is 0.590. The first kappa shape index (κ1) is 36.3. The third-order valence-corrected chi connectivity index (χ3v) is 18.7. The smallest absolute Gasteiger partial charge is 0.252 e. The van der Waals surface area contributed by atoms with Gasteiger partial charge in [-0.05, 0) is 145 Å². The van der Waals surface area contributed by atoms with Crippen LogP contribution in [0.15, 0.2) is 339 Å². The van der Waals surface area contributed by atoms with E-state index in [1.165, 1.54) is 36.4 Å². The fourth-order valence-electron chi connectivity index (χ4n) is 14.2. The first-order chi connectivity index (χ1) is 62.1. The average Bonchev–Trinajstić information content (AvgIpc) is 1.57. The molecule has 0 N–H and O–H groups in total. The van der Waals surface area contributed by atoms with Gasteiger partial charge in [-0.3, -0.25) is 0 Å². The van der Waals surface area contributed by atoms with E-state index in [1.54, 1.807) is 131 Å². The topological polar surface area (TPSA) is 16.3 Å². The van der Waals surface area contributed by atoms with Gasteiger partial charge in [0.15, 0.2) is 0 Å². The molecule has 2 aliphatic rings. The van der Waals surface area contributed by atoms with Crippen LogP contribution in [0.2, 0.25) is 0 Å². The molecule has 7 heteroatoms. The first-order valence-corrected chi connectivity index (χ1v) is 32.3. The van der Waals surface area contributed by atoms with E-state index >= 15 is 8.78 Å². The molecule has 0 bridgehead atoms. The fraction of sp³-hybridized carbons (Fsp3) is 0.0426. The van der Waals surface area contributed by atoms with Crippen LogP contribution in [0, 0.1) is 11.6 Å². The Kier molecular flexibility index (Phi) is 8.48. The normalized spacial score (nSPS) is 16.7. The molecule has 0 radical (unpaired) electrons. The highest BCUT2D eigenvalue weighted by Gasteiger charge is 2.46. The molecule has 4 nitrogen and oxygen atoms in total. The number of para-hydroxylation sites is 4. The van der Waals surface area contributed by atoms with Crippen LogP contribution >= 0.6 is 0 Å². The molecule has 0 amide bonds. The molecule has 0 spiro atoms. The van der Waals surface area contributed by atoms with E-state index in [-0.39, 0.29) is 61.6 Å². The molecule has 0 saturated heterocycles. The van der Waals surface area contributed by atoms with Crippen molar-refractivity contribution >= 4 is 101 Å². The van der Waals surface area contributed by atoms with Crippen LogP contribution in [-0.2, 0) is 5.41 Å². The summed E-state index contributed by atoms with van der Waals surface area (Å²) in [4.78, 5) is 3.12. The van der Waals surface area contributed by atoms with E-state index in [0.29, 0.717) is 16.7 Å². The second kappa shape index (κ2) is 23.6. The molecule has 0 fully saturated rings. The van der Waals surface area contributed by atoms with Gasteiger partial charge >= 0.3 is 0 Å². The van der Waals surface area contributed by atoms with Gasteiger partial charge in [0.2, 0.25) is 0 Å². The van der Waals surface area contributed by atoms with Gasteiger partial charge < -0.3 is 18.9 Å². The van der Waals surface area contributed by atoms with Gasteiger partial charge in [-0.2, -0.15) is 0 Å². The van der Waals surface area contributed by atoms with Crippen molar-refractivity contribution in [3.8, 4) is 78.1 Å². The third kappa shape index (κ3) is 9.63. The maximum absolute atomic E-state index is 17.8. The highest BCUT2D eigenvalue weighted by molar-refractivity contribution is 7.00. The van der Waals surface area contributed by atoms with Crippen LogP contribution in [0.3, 0.4) is 0 Å².